The standard InChI is InChI=1S/C14H18ClNO4/c1-2-19-13(15)14(17)16(8-12-9-18-10-20-12)11-6-4-3-5-7-11/h3-7,12-13H,2,8-10H2,1H3. The molecule has 6 heteroatoms. The van der Waals surface area contributed by atoms with Gasteiger partial charge < -0.3 is 19.1 Å². The average molecular weight is 300 g/mol. The zero-order valence-corrected chi connectivity index (χ0v) is 12.1. The van der Waals surface area contributed by atoms with Crippen molar-refractivity contribution in [3.63, 3.8) is 0 Å². The fraction of sp³-hybridized carbons (Fsp3) is 0.500. The maximum Gasteiger partial charge on any atom is 0.271 e. The maximum absolute atomic E-state index is 12.4. The van der Waals surface area contributed by atoms with Gasteiger partial charge in [0.05, 0.1) is 13.2 Å². The van der Waals surface area contributed by atoms with E-state index >= 15 is 0 Å². The summed E-state index contributed by atoms with van der Waals surface area (Å²) in [5.74, 6) is -0.296. The Morgan fingerprint density at radius 2 is 2.25 bits per heavy atom. The topological polar surface area (TPSA) is 48.0 Å². The average Bonchev–Trinajstić information content (AvgIpc) is 2.98. The molecule has 1 amide bonds. The number of para-hydroxylation sites is 1. The second kappa shape index (κ2) is 7.59. The van der Waals surface area contributed by atoms with Crippen molar-refractivity contribution in [1.82, 2.24) is 0 Å². The second-order valence-corrected chi connectivity index (χ2v) is 4.73. The van der Waals surface area contributed by atoms with Crippen LogP contribution in [-0.2, 0) is 19.0 Å². The molecule has 0 aliphatic carbocycles. The largest absolute Gasteiger partial charge is 0.354 e. The van der Waals surface area contributed by atoms with Crippen LogP contribution in [0, 0.1) is 0 Å². The van der Waals surface area contributed by atoms with Gasteiger partial charge in [0, 0.05) is 12.3 Å². The van der Waals surface area contributed by atoms with Gasteiger partial charge >= 0.3 is 0 Å². The molecule has 2 rings (SSSR count). The van der Waals surface area contributed by atoms with Crippen LogP contribution in [-0.4, -0.2) is 44.1 Å². The fourth-order valence-electron chi connectivity index (χ4n) is 1.95. The Hall–Kier alpha value is -1.14. The lowest BCUT2D eigenvalue weighted by Crippen LogP contribution is -2.43. The summed E-state index contributed by atoms with van der Waals surface area (Å²) >= 11 is 5.98. The van der Waals surface area contributed by atoms with Gasteiger partial charge in [0.25, 0.3) is 5.91 Å². The molecular formula is C14H18ClNO4. The molecule has 0 aromatic heterocycles. The van der Waals surface area contributed by atoms with Crippen LogP contribution in [0.3, 0.4) is 0 Å². The molecule has 1 saturated heterocycles. The molecule has 0 bridgehead atoms. The van der Waals surface area contributed by atoms with E-state index in [-0.39, 0.29) is 18.8 Å². The molecule has 1 aliphatic heterocycles. The number of hydrogen-bond acceptors (Lipinski definition) is 4. The van der Waals surface area contributed by atoms with Crippen LogP contribution in [0.25, 0.3) is 0 Å². The van der Waals surface area contributed by atoms with Gasteiger partial charge in [-0.2, -0.15) is 0 Å². The highest BCUT2D eigenvalue weighted by molar-refractivity contribution is 6.31. The summed E-state index contributed by atoms with van der Waals surface area (Å²) in [4.78, 5) is 14.0. The van der Waals surface area contributed by atoms with Crippen molar-refractivity contribution in [2.45, 2.75) is 18.6 Å². The predicted octanol–water partition coefficient (Wildman–Crippen LogP) is 1.99. The molecule has 20 heavy (non-hydrogen) atoms. The molecule has 1 heterocycles. The Balaban J connectivity index is 2.12. The highest BCUT2D eigenvalue weighted by Crippen LogP contribution is 2.19. The lowest BCUT2D eigenvalue weighted by atomic mass is 10.2. The van der Waals surface area contributed by atoms with Crippen molar-refractivity contribution >= 4 is 23.2 Å². The highest BCUT2D eigenvalue weighted by Gasteiger charge is 2.28. The zero-order chi connectivity index (χ0) is 14.4. The third-order valence-corrected chi connectivity index (χ3v) is 3.23. The summed E-state index contributed by atoms with van der Waals surface area (Å²) in [6.45, 7) is 3.30. The molecule has 5 nitrogen and oxygen atoms in total. The monoisotopic (exact) mass is 299 g/mol. The van der Waals surface area contributed by atoms with E-state index in [1.807, 2.05) is 30.3 Å². The van der Waals surface area contributed by atoms with Gasteiger partial charge in [-0.3, -0.25) is 4.79 Å². The fourth-order valence-corrected chi connectivity index (χ4v) is 2.20. The summed E-state index contributed by atoms with van der Waals surface area (Å²) in [5, 5.41) is 0. The summed E-state index contributed by atoms with van der Waals surface area (Å²) in [5.41, 5.74) is -0.235. The number of halogens is 1. The van der Waals surface area contributed by atoms with E-state index < -0.39 is 5.56 Å². The molecule has 0 N–H and O–H groups in total. The molecule has 1 aromatic rings. The van der Waals surface area contributed by atoms with E-state index in [0.29, 0.717) is 19.8 Å². The molecule has 2 atom stereocenters. The van der Waals surface area contributed by atoms with Crippen LogP contribution in [0.2, 0.25) is 0 Å². The van der Waals surface area contributed by atoms with Gasteiger partial charge in [0.2, 0.25) is 5.56 Å². The van der Waals surface area contributed by atoms with Gasteiger partial charge in [0.15, 0.2) is 0 Å². The number of hydrogen-bond donors (Lipinski definition) is 0. The molecule has 1 fully saturated rings. The van der Waals surface area contributed by atoms with Crippen molar-refractivity contribution < 1.29 is 19.0 Å². The number of carbonyl (C=O) groups is 1. The van der Waals surface area contributed by atoms with Crippen LogP contribution in [0.5, 0.6) is 0 Å². The maximum atomic E-state index is 12.4. The van der Waals surface area contributed by atoms with Gasteiger partial charge in [0.1, 0.15) is 12.9 Å². The molecule has 1 aliphatic rings. The number of benzene rings is 1. The molecule has 110 valence electrons. The summed E-state index contributed by atoms with van der Waals surface area (Å²) < 4.78 is 15.7. The first-order valence-corrected chi connectivity index (χ1v) is 6.97. The quantitative estimate of drug-likeness (QED) is 0.754. The van der Waals surface area contributed by atoms with E-state index in [4.69, 9.17) is 25.8 Å². The van der Waals surface area contributed by atoms with Crippen LogP contribution in [0.1, 0.15) is 6.92 Å². The minimum Gasteiger partial charge on any atom is -0.354 e. The summed E-state index contributed by atoms with van der Waals surface area (Å²) in [6, 6.07) is 9.33. The molecule has 0 saturated carbocycles. The molecule has 0 spiro atoms. The molecule has 0 radical (unpaired) electrons. The first-order chi connectivity index (χ1) is 9.72. The predicted molar refractivity (Wildman–Crippen MR) is 75.8 cm³/mol. The van der Waals surface area contributed by atoms with E-state index in [0.717, 1.165) is 5.69 Å². The van der Waals surface area contributed by atoms with E-state index in [2.05, 4.69) is 0 Å². The lowest BCUT2D eigenvalue weighted by molar-refractivity contribution is -0.125. The van der Waals surface area contributed by atoms with Crippen LogP contribution < -0.4 is 4.90 Å². The van der Waals surface area contributed by atoms with Crippen LogP contribution in [0.15, 0.2) is 30.3 Å². The van der Waals surface area contributed by atoms with E-state index in [9.17, 15) is 4.79 Å². The first kappa shape index (κ1) is 15.3. The van der Waals surface area contributed by atoms with Crippen molar-refractivity contribution in [3.8, 4) is 0 Å². The Morgan fingerprint density at radius 3 is 2.85 bits per heavy atom. The second-order valence-electron chi connectivity index (χ2n) is 4.33. The Morgan fingerprint density at radius 1 is 1.50 bits per heavy atom. The van der Waals surface area contributed by atoms with Crippen molar-refractivity contribution in [2.75, 3.05) is 31.5 Å². The minimum absolute atomic E-state index is 0.148. The Labute approximate surface area is 123 Å². The number of rotatable bonds is 6. The van der Waals surface area contributed by atoms with Crippen LogP contribution >= 0.6 is 11.6 Å². The number of nitrogens with zero attached hydrogens (tertiary/aromatic N) is 1. The van der Waals surface area contributed by atoms with Crippen molar-refractivity contribution in [1.29, 1.82) is 0 Å². The van der Waals surface area contributed by atoms with Gasteiger partial charge in [-0.15, -0.1) is 0 Å². The Bertz CT molecular complexity index is 422. The third-order valence-electron chi connectivity index (χ3n) is 2.92. The number of alkyl halides is 1. The third kappa shape index (κ3) is 3.93. The van der Waals surface area contributed by atoms with Gasteiger partial charge in [-0.25, -0.2) is 0 Å². The first-order valence-electron chi connectivity index (χ1n) is 6.53. The van der Waals surface area contributed by atoms with E-state index in [1.54, 1.807) is 11.8 Å². The van der Waals surface area contributed by atoms with Crippen molar-refractivity contribution in [3.05, 3.63) is 30.3 Å². The molecule has 2 unspecified atom stereocenters. The van der Waals surface area contributed by atoms with E-state index in [1.165, 1.54) is 0 Å². The molecular weight excluding hydrogens is 282 g/mol. The summed E-state index contributed by atoms with van der Waals surface area (Å²) in [6.07, 6.45) is -0.148. The normalized spacial score (nSPS) is 19.8. The minimum atomic E-state index is -0.998. The number of anilines is 1. The number of amides is 1. The van der Waals surface area contributed by atoms with Crippen molar-refractivity contribution in [2.24, 2.45) is 0 Å². The zero-order valence-electron chi connectivity index (χ0n) is 11.3. The smallest absolute Gasteiger partial charge is 0.271 e. The number of carbonyl (C=O) groups excluding carboxylic acids is 1. The van der Waals surface area contributed by atoms with Gasteiger partial charge in [-0.05, 0) is 19.1 Å². The highest BCUT2D eigenvalue weighted by atomic mass is 35.5. The Kier molecular flexibility index (Phi) is 5.79. The summed E-state index contributed by atoms with van der Waals surface area (Å²) in [7, 11) is 0. The number of ether oxygens (including phenoxy) is 3. The van der Waals surface area contributed by atoms with Gasteiger partial charge in [-0.1, -0.05) is 29.8 Å². The van der Waals surface area contributed by atoms with Crippen LogP contribution in [0.4, 0.5) is 5.69 Å². The molecule has 1 aromatic carbocycles. The SMILES string of the molecule is CCOC(Cl)C(=O)N(CC1COCO1)c1ccccc1. The lowest BCUT2D eigenvalue weighted by Gasteiger charge is -2.26.